The molecule has 2 fully saturated rings. The van der Waals surface area contributed by atoms with Gasteiger partial charge in [0.15, 0.2) is 0 Å². The van der Waals surface area contributed by atoms with Gasteiger partial charge in [0.05, 0.1) is 23.6 Å². The average molecular weight is 719 g/mol. The van der Waals surface area contributed by atoms with E-state index in [4.69, 9.17) is 19.5 Å². The number of hydrogen-bond donors (Lipinski definition) is 0. The molecule has 6 aliphatic heterocycles. The summed E-state index contributed by atoms with van der Waals surface area (Å²) in [6.07, 6.45) is 20.2. The maximum Gasteiger partial charge on any atom is 0.129 e. The van der Waals surface area contributed by atoms with Gasteiger partial charge in [-0.25, -0.2) is 9.97 Å². The predicted molar refractivity (Wildman–Crippen MR) is 213 cm³/mol. The fraction of sp³-hybridized carbons (Fsp3) is 0.333. The molecule has 0 amide bonds. The third-order valence-electron chi connectivity index (χ3n) is 11.0. The molecular formula is C42H42N10O2. The van der Waals surface area contributed by atoms with Gasteiger partial charge < -0.3 is 19.3 Å². The SMILES string of the molecule is COC1CN(c2cc(C3=NCC4C=NC(c5cccnc5)=CC34)ccn2)C1.COC1CN(c2cc(C3=NCC4C=NC(c5cccnc5)=CC34)ccn2)C1. The minimum absolute atomic E-state index is 0.246. The molecule has 0 saturated carbocycles. The number of anilines is 2. The summed E-state index contributed by atoms with van der Waals surface area (Å²) in [5, 5.41) is 0. The lowest BCUT2D eigenvalue weighted by atomic mass is 9.86. The third-order valence-corrected chi connectivity index (χ3v) is 11.0. The summed E-state index contributed by atoms with van der Waals surface area (Å²) in [4.78, 5) is 41.0. The number of allylic oxidation sites excluding steroid dienone is 2. The topological polar surface area (TPSA) is 126 Å². The van der Waals surface area contributed by atoms with Crippen molar-refractivity contribution in [2.45, 2.75) is 12.2 Å². The van der Waals surface area contributed by atoms with Crippen molar-refractivity contribution in [3.63, 3.8) is 0 Å². The van der Waals surface area contributed by atoms with E-state index in [0.29, 0.717) is 24.0 Å². The van der Waals surface area contributed by atoms with Crippen LogP contribution in [0, 0.1) is 23.7 Å². The molecule has 272 valence electrons. The Kier molecular flexibility index (Phi) is 9.44. The lowest BCUT2D eigenvalue weighted by Crippen LogP contribution is -2.52. The van der Waals surface area contributed by atoms with Crippen LogP contribution in [0.2, 0.25) is 0 Å². The van der Waals surface area contributed by atoms with Crippen LogP contribution in [0.1, 0.15) is 22.3 Å². The van der Waals surface area contributed by atoms with Crippen LogP contribution in [0.4, 0.5) is 11.6 Å². The van der Waals surface area contributed by atoms with Crippen molar-refractivity contribution < 1.29 is 9.47 Å². The number of aliphatic imine (C=N–C) groups is 4. The van der Waals surface area contributed by atoms with Gasteiger partial charge in [-0.3, -0.25) is 29.9 Å². The zero-order chi connectivity index (χ0) is 36.4. The quantitative estimate of drug-likeness (QED) is 0.251. The molecule has 12 heteroatoms. The summed E-state index contributed by atoms with van der Waals surface area (Å²) in [6.45, 7) is 5.14. The Bertz CT molecular complexity index is 2020. The van der Waals surface area contributed by atoms with Crippen molar-refractivity contribution in [3.8, 4) is 0 Å². The van der Waals surface area contributed by atoms with Crippen molar-refractivity contribution in [1.29, 1.82) is 0 Å². The van der Waals surface area contributed by atoms with Crippen molar-refractivity contribution in [2.24, 2.45) is 43.6 Å². The van der Waals surface area contributed by atoms with Gasteiger partial charge in [0, 0.05) is 160 Å². The van der Waals surface area contributed by atoms with E-state index in [1.54, 1.807) is 26.6 Å². The lowest BCUT2D eigenvalue weighted by Gasteiger charge is -2.39. The fourth-order valence-corrected chi connectivity index (χ4v) is 7.70. The van der Waals surface area contributed by atoms with Crippen LogP contribution in [0.3, 0.4) is 0 Å². The number of aromatic nitrogens is 4. The molecule has 54 heavy (non-hydrogen) atoms. The van der Waals surface area contributed by atoms with E-state index in [1.807, 2.05) is 61.5 Å². The van der Waals surface area contributed by atoms with Crippen LogP contribution in [0.25, 0.3) is 11.4 Å². The van der Waals surface area contributed by atoms with E-state index in [1.165, 1.54) is 0 Å². The Morgan fingerprint density at radius 2 is 1.04 bits per heavy atom. The summed E-state index contributed by atoms with van der Waals surface area (Å²) in [5.41, 5.74) is 8.56. The maximum absolute atomic E-state index is 5.37. The van der Waals surface area contributed by atoms with Crippen molar-refractivity contribution >= 4 is 46.9 Å². The highest BCUT2D eigenvalue weighted by atomic mass is 16.5. The molecule has 2 saturated heterocycles. The number of ether oxygens (including phenoxy) is 2. The van der Waals surface area contributed by atoms with E-state index >= 15 is 0 Å². The normalized spacial score (nSPS) is 24.3. The van der Waals surface area contributed by atoms with Crippen LogP contribution in [0.5, 0.6) is 0 Å². The second kappa shape index (κ2) is 15.0. The van der Waals surface area contributed by atoms with Crippen molar-refractivity contribution in [1.82, 2.24) is 19.9 Å². The van der Waals surface area contributed by atoms with Crippen LogP contribution in [-0.4, -0.2) is 109 Å². The zero-order valence-corrected chi connectivity index (χ0v) is 30.4. The Hall–Kier alpha value is -5.72. The van der Waals surface area contributed by atoms with Crippen LogP contribution >= 0.6 is 0 Å². The van der Waals surface area contributed by atoms with Gasteiger partial charge in [-0.15, -0.1) is 0 Å². The van der Waals surface area contributed by atoms with Gasteiger partial charge in [0.2, 0.25) is 0 Å². The summed E-state index contributed by atoms with van der Waals surface area (Å²) >= 11 is 0. The van der Waals surface area contributed by atoms with Crippen LogP contribution in [-0.2, 0) is 9.47 Å². The standard InChI is InChI=1S/2C21H21N5O/c2*1-27-17-12-26(13-17)20-7-14(4-6-23-20)21-18-8-19(15-3-2-5-22-9-15)24-10-16(18)11-25-21/h2*2-10,16-18H,11-13H2,1H3. The predicted octanol–water partition coefficient (Wildman–Crippen LogP) is 4.94. The number of pyridine rings is 4. The van der Waals surface area contributed by atoms with Crippen molar-refractivity contribution in [2.75, 3.05) is 63.3 Å². The third kappa shape index (κ3) is 6.78. The number of methoxy groups -OCH3 is 2. The highest BCUT2D eigenvalue weighted by Gasteiger charge is 2.35. The molecule has 10 heterocycles. The molecule has 4 atom stereocenters. The monoisotopic (exact) mass is 718 g/mol. The molecule has 0 aliphatic carbocycles. The van der Waals surface area contributed by atoms with E-state index in [0.717, 1.165) is 96.0 Å². The first-order chi connectivity index (χ1) is 26.6. The molecule has 0 spiro atoms. The molecule has 0 bridgehead atoms. The second-order valence-electron chi connectivity index (χ2n) is 14.3. The Labute approximate surface area is 314 Å². The van der Waals surface area contributed by atoms with Crippen LogP contribution in [0.15, 0.2) is 118 Å². The summed E-state index contributed by atoms with van der Waals surface area (Å²) in [5.74, 6) is 3.14. The highest BCUT2D eigenvalue weighted by molar-refractivity contribution is 6.09. The van der Waals surface area contributed by atoms with E-state index in [9.17, 15) is 0 Å². The van der Waals surface area contributed by atoms with Gasteiger partial charge >= 0.3 is 0 Å². The Morgan fingerprint density at radius 1 is 0.574 bits per heavy atom. The smallest absolute Gasteiger partial charge is 0.129 e. The number of rotatable bonds is 8. The molecule has 4 unspecified atom stereocenters. The summed E-state index contributed by atoms with van der Waals surface area (Å²) in [7, 11) is 3.52. The van der Waals surface area contributed by atoms with E-state index < -0.39 is 0 Å². The molecule has 4 aromatic rings. The molecule has 10 rings (SSSR count). The minimum Gasteiger partial charge on any atom is -0.378 e. The molecule has 0 radical (unpaired) electrons. The second-order valence-corrected chi connectivity index (χ2v) is 14.3. The molecule has 0 N–H and O–H groups in total. The average Bonchev–Trinajstić information content (AvgIpc) is 3.83. The number of fused-ring (bicyclic) bond motifs is 2. The maximum atomic E-state index is 5.37. The highest BCUT2D eigenvalue weighted by Crippen LogP contribution is 2.35. The minimum atomic E-state index is 0.246. The summed E-state index contributed by atoms with van der Waals surface area (Å²) < 4.78 is 10.7. The van der Waals surface area contributed by atoms with Crippen molar-refractivity contribution in [3.05, 3.63) is 120 Å². The molecule has 6 aliphatic rings. The van der Waals surface area contributed by atoms with E-state index in [2.05, 4.69) is 76.1 Å². The first-order valence-electron chi connectivity index (χ1n) is 18.5. The molecule has 12 nitrogen and oxygen atoms in total. The first kappa shape index (κ1) is 34.1. The van der Waals surface area contributed by atoms with Gasteiger partial charge in [-0.2, -0.15) is 0 Å². The van der Waals surface area contributed by atoms with Gasteiger partial charge in [-0.05, 0) is 60.7 Å². The van der Waals surface area contributed by atoms with E-state index in [-0.39, 0.29) is 11.8 Å². The molecular weight excluding hydrogens is 677 g/mol. The zero-order valence-electron chi connectivity index (χ0n) is 30.4. The summed E-state index contributed by atoms with van der Waals surface area (Å²) in [6, 6.07) is 16.4. The Balaban J connectivity index is 0.000000142. The fourth-order valence-electron chi connectivity index (χ4n) is 7.70. The molecule has 4 aromatic heterocycles. The van der Waals surface area contributed by atoms with Gasteiger partial charge in [0.1, 0.15) is 11.6 Å². The number of hydrogen-bond acceptors (Lipinski definition) is 12. The number of nitrogens with zero attached hydrogens (tertiary/aromatic N) is 10. The molecule has 0 aromatic carbocycles. The lowest BCUT2D eigenvalue weighted by molar-refractivity contribution is 0.0782. The Morgan fingerprint density at radius 3 is 1.44 bits per heavy atom. The van der Waals surface area contributed by atoms with Crippen LogP contribution < -0.4 is 9.80 Å². The van der Waals surface area contributed by atoms with Gasteiger partial charge in [0.25, 0.3) is 0 Å². The van der Waals surface area contributed by atoms with Gasteiger partial charge in [-0.1, -0.05) is 0 Å². The largest absolute Gasteiger partial charge is 0.378 e. The first-order valence-corrected chi connectivity index (χ1v) is 18.5.